The van der Waals surface area contributed by atoms with Crippen molar-refractivity contribution in [3.05, 3.63) is 28.8 Å². The summed E-state index contributed by atoms with van der Waals surface area (Å²) >= 11 is 5.95. The molecule has 1 N–H and O–H groups in total. The second kappa shape index (κ2) is 6.21. The number of nitrogens with zero attached hydrogens (tertiary/aromatic N) is 1. The minimum absolute atomic E-state index is 0.0420. The molecular formula is C13H16ClNO5S. The Morgan fingerprint density at radius 3 is 2.86 bits per heavy atom. The predicted molar refractivity (Wildman–Crippen MR) is 78.5 cm³/mol. The molecular weight excluding hydrogens is 318 g/mol. The first-order valence-electron chi connectivity index (χ1n) is 6.32. The van der Waals surface area contributed by atoms with Crippen molar-refractivity contribution in [2.24, 2.45) is 0 Å². The Bertz CT molecular complexity index is 646. The fraction of sp³-hybridized carbons (Fsp3) is 0.462. The van der Waals surface area contributed by atoms with Gasteiger partial charge in [-0.1, -0.05) is 11.6 Å². The zero-order valence-corrected chi connectivity index (χ0v) is 13.0. The highest BCUT2D eigenvalue weighted by molar-refractivity contribution is 7.91. The molecule has 0 spiro atoms. The van der Waals surface area contributed by atoms with Gasteiger partial charge in [-0.2, -0.15) is 0 Å². The smallest absolute Gasteiger partial charge is 0.321 e. The number of carboxylic acids is 1. The SMILES string of the molecule is COc1ccc(Cl)cc1CN1CCS(=O)(=O)CC1C(=O)O. The van der Waals surface area contributed by atoms with Crippen LogP contribution in [0.5, 0.6) is 5.75 Å². The lowest BCUT2D eigenvalue weighted by atomic mass is 10.1. The van der Waals surface area contributed by atoms with Gasteiger partial charge in [0, 0.05) is 23.7 Å². The normalized spacial score (nSPS) is 21.9. The third-order valence-corrected chi connectivity index (χ3v) is 5.31. The van der Waals surface area contributed by atoms with E-state index in [1.54, 1.807) is 23.1 Å². The van der Waals surface area contributed by atoms with Gasteiger partial charge >= 0.3 is 5.97 Å². The van der Waals surface area contributed by atoms with Crippen LogP contribution in [0.2, 0.25) is 5.02 Å². The van der Waals surface area contributed by atoms with Gasteiger partial charge in [-0.3, -0.25) is 9.69 Å². The summed E-state index contributed by atoms with van der Waals surface area (Å²) in [5, 5.41) is 9.75. The number of hydrogen-bond acceptors (Lipinski definition) is 5. The number of carboxylic acid groups (broad SMARTS) is 1. The van der Waals surface area contributed by atoms with Crippen molar-refractivity contribution < 1.29 is 23.1 Å². The standard InChI is InChI=1S/C13H16ClNO5S/c1-20-12-3-2-10(14)6-9(12)7-15-4-5-21(18,19)8-11(15)13(16)17/h2-3,6,11H,4-5,7-8H2,1H3,(H,16,17). The van der Waals surface area contributed by atoms with E-state index < -0.39 is 21.8 Å². The van der Waals surface area contributed by atoms with Crippen LogP contribution in [0.4, 0.5) is 0 Å². The molecule has 0 aliphatic carbocycles. The molecule has 0 amide bonds. The second-order valence-electron chi connectivity index (χ2n) is 4.90. The maximum Gasteiger partial charge on any atom is 0.321 e. The van der Waals surface area contributed by atoms with Gasteiger partial charge in [-0.25, -0.2) is 8.42 Å². The number of aliphatic carboxylic acids is 1. The number of carbonyl (C=O) groups is 1. The molecule has 2 rings (SSSR count). The molecule has 21 heavy (non-hydrogen) atoms. The van der Waals surface area contributed by atoms with Crippen LogP contribution >= 0.6 is 11.6 Å². The van der Waals surface area contributed by atoms with Crippen LogP contribution in [0, 0.1) is 0 Å². The minimum atomic E-state index is -3.31. The van der Waals surface area contributed by atoms with Crippen LogP contribution in [0.15, 0.2) is 18.2 Å². The molecule has 8 heteroatoms. The van der Waals surface area contributed by atoms with Crippen LogP contribution in [0.25, 0.3) is 0 Å². The van der Waals surface area contributed by atoms with Gasteiger partial charge in [0.05, 0.1) is 18.6 Å². The van der Waals surface area contributed by atoms with Crippen molar-refractivity contribution in [3.63, 3.8) is 0 Å². The fourth-order valence-electron chi connectivity index (χ4n) is 2.35. The highest BCUT2D eigenvalue weighted by Crippen LogP contribution is 2.26. The molecule has 1 unspecified atom stereocenters. The Hall–Kier alpha value is -1.31. The Kier molecular flexibility index (Phi) is 4.75. The van der Waals surface area contributed by atoms with Gasteiger partial charge in [0.25, 0.3) is 0 Å². The summed E-state index contributed by atoms with van der Waals surface area (Å²) in [4.78, 5) is 12.9. The lowest BCUT2D eigenvalue weighted by Crippen LogP contribution is -2.51. The predicted octanol–water partition coefficient (Wildman–Crippen LogP) is 1.03. The van der Waals surface area contributed by atoms with Crippen molar-refractivity contribution in [2.75, 3.05) is 25.2 Å². The van der Waals surface area contributed by atoms with Crippen molar-refractivity contribution in [3.8, 4) is 5.75 Å². The third-order valence-electron chi connectivity index (χ3n) is 3.44. The summed E-state index contributed by atoms with van der Waals surface area (Å²) in [5.74, 6) is -0.957. The van der Waals surface area contributed by atoms with E-state index in [1.807, 2.05) is 0 Å². The molecule has 1 aromatic carbocycles. The molecule has 1 aliphatic rings. The van der Waals surface area contributed by atoms with E-state index in [-0.39, 0.29) is 24.6 Å². The van der Waals surface area contributed by atoms with E-state index in [0.717, 1.165) is 5.56 Å². The molecule has 1 aliphatic heterocycles. The Labute approximate surface area is 128 Å². The molecule has 6 nitrogen and oxygen atoms in total. The summed E-state index contributed by atoms with van der Waals surface area (Å²) in [5.41, 5.74) is 0.732. The highest BCUT2D eigenvalue weighted by atomic mass is 35.5. The monoisotopic (exact) mass is 333 g/mol. The topological polar surface area (TPSA) is 83.9 Å². The number of halogens is 1. The second-order valence-corrected chi connectivity index (χ2v) is 7.56. The van der Waals surface area contributed by atoms with E-state index in [4.69, 9.17) is 16.3 Å². The van der Waals surface area contributed by atoms with Crippen LogP contribution in [0.3, 0.4) is 0 Å². The molecule has 1 heterocycles. The van der Waals surface area contributed by atoms with E-state index in [2.05, 4.69) is 0 Å². The maximum atomic E-state index is 11.6. The first-order valence-corrected chi connectivity index (χ1v) is 8.52. The van der Waals surface area contributed by atoms with Gasteiger partial charge in [0.1, 0.15) is 11.8 Å². The number of benzene rings is 1. The molecule has 1 aromatic rings. The van der Waals surface area contributed by atoms with Crippen molar-refractivity contribution in [1.82, 2.24) is 4.90 Å². The maximum absolute atomic E-state index is 11.6. The molecule has 0 bridgehead atoms. The molecule has 116 valence electrons. The van der Waals surface area contributed by atoms with Gasteiger partial charge in [-0.15, -0.1) is 0 Å². The lowest BCUT2D eigenvalue weighted by molar-refractivity contribution is -0.142. The number of methoxy groups -OCH3 is 1. The minimum Gasteiger partial charge on any atom is -0.496 e. The molecule has 0 saturated carbocycles. The average Bonchev–Trinajstić information content (AvgIpc) is 2.40. The third kappa shape index (κ3) is 3.87. The Balaban J connectivity index is 2.25. The number of rotatable bonds is 4. The van der Waals surface area contributed by atoms with Crippen LogP contribution in [-0.2, 0) is 21.2 Å². The Morgan fingerprint density at radius 1 is 1.52 bits per heavy atom. The van der Waals surface area contributed by atoms with E-state index in [0.29, 0.717) is 10.8 Å². The van der Waals surface area contributed by atoms with Gasteiger partial charge < -0.3 is 9.84 Å². The number of ether oxygens (including phenoxy) is 1. The summed E-state index contributed by atoms with van der Waals surface area (Å²) < 4.78 is 28.4. The van der Waals surface area contributed by atoms with Crippen LogP contribution in [0.1, 0.15) is 5.56 Å². The molecule has 0 radical (unpaired) electrons. The van der Waals surface area contributed by atoms with E-state index >= 15 is 0 Å². The zero-order valence-electron chi connectivity index (χ0n) is 11.5. The van der Waals surface area contributed by atoms with Gasteiger partial charge in [-0.05, 0) is 18.2 Å². The lowest BCUT2D eigenvalue weighted by Gasteiger charge is -2.32. The van der Waals surface area contributed by atoms with Crippen molar-refractivity contribution >= 4 is 27.4 Å². The average molecular weight is 334 g/mol. The first kappa shape index (κ1) is 16.1. The largest absolute Gasteiger partial charge is 0.496 e. The van der Waals surface area contributed by atoms with Gasteiger partial charge in [0.15, 0.2) is 9.84 Å². The van der Waals surface area contributed by atoms with E-state index in [9.17, 15) is 18.3 Å². The van der Waals surface area contributed by atoms with Crippen molar-refractivity contribution in [1.29, 1.82) is 0 Å². The van der Waals surface area contributed by atoms with Crippen LogP contribution < -0.4 is 4.74 Å². The summed E-state index contributed by atoms with van der Waals surface area (Å²) in [6.07, 6.45) is 0. The molecule has 0 aromatic heterocycles. The van der Waals surface area contributed by atoms with Gasteiger partial charge in [0.2, 0.25) is 0 Å². The molecule has 1 fully saturated rings. The summed E-state index contributed by atoms with van der Waals surface area (Å²) in [7, 11) is -1.79. The Morgan fingerprint density at radius 2 is 2.24 bits per heavy atom. The highest BCUT2D eigenvalue weighted by Gasteiger charge is 2.36. The van der Waals surface area contributed by atoms with Crippen molar-refractivity contribution in [2.45, 2.75) is 12.6 Å². The summed E-state index contributed by atoms with van der Waals surface area (Å²) in [6, 6.07) is 4.03. The molecule has 1 saturated heterocycles. The first-order chi connectivity index (χ1) is 9.82. The number of hydrogen-bond donors (Lipinski definition) is 1. The quantitative estimate of drug-likeness (QED) is 0.886. The van der Waals surface area contributed by atoms with Crippen LogP contribution in [-0.4, -0.2) is 55.6 Å². The zero-order chi connectivity index (χ0) is 15.6. The fourth-order valence-corrected chi connectivity index (χ4v) is 4.06. The number of sulfone groups is 1. The van der Waals surface area contributed by atoms with E-state index in [1.165, 1.54) is 7.11 Å². The summed E-state index contributed by atoms with van der Waals surface area (Å²) in [6.45, 7) is 0.450. The molecule has 1 atom stereocenters.